The predicted octanol–water partition coefficient (Wildman–Crippen LogP) is 2.46. The van der Waals surface area contributed by atoms with Crippen LogP contribution < -0.4 is 15.0 Å². The molecule has 2 aromatic rings. The number of hydrogen-bond acceptors (Lipinski definition) is 5. The number of carbonyl (C=O) groups is 1. The number of benzene rings is 1. The number of rotatable bonds is 4. The van der Waals surface area contributed by atoms with E-state index >= 15 is 0 Å². The van der Waals surface area contributed by atoms with Crippen molar-refractivity contribution in [1.29, 1.82) is 0 Å². The highest BCUT2D eigenvalue weighted by Crippen LogP contribution is 2.33. The maximum atomic E-state index is 12.3. The summed E-state index contributed by atoms with van der Waals surface area (Å²) in [5, 5.41) is 3.67. The van der Waals surface area contributed by atoms with E-state index in [1.807, 2.05) is 19.1 Å². The van der Waals surface area contributed by atoms with Gasteiger partial charge in [0.15, 0.2) is 0 Å². The summed E-state index contributed by atoms with van der Waals surface area (Å²) < 4.78 is 5.40. The van der Waals surface area contributed by atoms with Gasteiger partial charge in [0, 0.05) is 30.4 Å². The van der Waals surface area contributed by atoms with Crippen LogP contribution >= 0.6 is 11.6 Å². The van der Waals surface area contributed by atoms with Gasteiger partial charge in [-0.3, -0.25) is 9.78 Å². The van der Waals surface area contributed by atoms with Gasteiger partial charge in [-0.25, -0.2) is 4.98 Å². The zero-order valence-electron chi connectivity index (χ0n) is 13.6. The summed E-state index contributed by atoms with van der Waals surface area (Å²) in [4.78, 5) is 22.6. The Morgan fingerprint density at radius 3 is 2.92 bits per heavy atom. The van der Waals surface area contributed by atoms with Crippen LogP contribution in [0.2, 0.25) is 5.02 Å². The third-order valence-electron chi connectivity index (χ3n) is 4.02. The Balaban J connectivity index is 1.66. The standard InChI is InChI=1S/C17H19ClN4O2/c1-11-8-20-14(9-19-11)17(23)21-13-5-6-22(10-13)15-7-12(18)3-4-16(15)24-2/h3-4,7-9,13H,5-6,10H2,1-2H3,(H,21,23). The molecule has 3 rings (SSSR count). The van der Waals surface area contributed by atoms with E-state index in [0.717, 1.165) is 30.1 Å². The van der Waals surface area contributed by atoms with Gasteiger partial charge in [-0.2, -0.15) is 0 Å². The van der Waals surface area contributed by atoms with Crippen molar-refractivity contribution in [3.05, 3.63) is 47.0 Å². The normalized spacial score (nSPS) is 17.0. The molecule has 1 unspecified atom stereocenters. The molecular formula is C17H19ClN4O2. The predicted molar refractivity (Wildman–Crippen MR) is 92.9 cm³/mol. The Morgan fingerprint density at radius 1 is 1.38 bits per heavy atom. The maximum Gasteiger partial charge on any atom is 0.271 e. The molecule has 1 saturated heterocycles. The van der Waals surface area contributed by atoms with Gasteiger partial charge >= 0.3 is 0 Å². The number of nitrogens with one attached hydrogen (secondary N) is 1. The fourth-order valence-electron chi connectivity index (χ4n) is 2.78. The zero-order valence-corrected chi connectivity index (χ0v) is 14.4. The molecule has 1 aromatic heterocycles. The monoisotopic (exact) mass is 346 g/mol. The van der Waals surface area contributed by atoms with Crippen molar-refractivity contribution in [1.82, 2.24) is 15.3 Å². The number of ether oxygens (including phenoxy) is 1. The van der Waals surface area contributed by atoms with E-state index in [9.17, 15) is 4.79 Å². The lowest BCUT2D eigenvalue weighted by molar-refractivity contribution is 0.0935. The van der Waals surface area contributed by atoms with E-state index < -0.39 is 0 Å². The second-order valence-electron chi connectivity index (χ2n) is 5.76. The number of aromatic nitrogens is 2. The lowest BCUT2D eigenvalue weighted by Gasteiger charge is -2.21. The van der Waals surface area contributed by atoms with Crippen molar-refractivity contribution < 1.29 is 9.53 Å². The topological polar surface area (TPSA) is 67.3 Å². The van der Waals surface area contributed by atoms with Gasteiger partial charge < -0.3 is 15.0 Å². The first-order valence-corrected chi connectivity index (χ1v) is 8.12. The molecule has 2 heterocycles. The van der Waals surface area contributed by atoms with E-state index in [2.05, 4.69) is 20.2 Å². The quantitative estimate of drug-likeness (QED) is 0.921. The average molecular weight is 347 g/mol. The molecule has 1 aromatic carbocycles. The second-order valence-corrected chi connectivity index (χ2v) is 6.20. The molecular weight excluding hydrogens is 328 g/mol. The molecule has 0 aliphatic carbocycles. The molecule has 6 nitrogen and oxygen atoms in total. The summed E-state index contributed by atoms with van der Waals surface area (Å²) >= 11 is 6.10. The van der Waals surface area contributed by atoms with Crippen LogP contribution in [-0.4, -0.2) is 42.1 Å². The molecule has 0 saturated carbocycles. The summed E-state index contributed by atoms with van der Waals surface area (Å²) in [6.07, 6.45) is 3.94. The van der Waals surface area contributed by atoms with Crippen LogP contribution in [0.1, 0.15) is 22.6 Å². The van der Waals surface area contributed by atoms with E-state index in [0.29, 0.717) is 17.3 Å². The number of amides is 1. The minimum Gasteiger partial charge on any atom is -0.495 e. The highest BCUT2D eigenvalue weighted by molar-refractivity contribution is 6.30. The molecule has 1 aliphatic rings. The van der Waals surface area contributed by atoms with Crippen molar-refractivity contribution in [3.63, 3.8) is 0 Å². The van der Waals surface area contributed by atoms with Gasteiger partial charge in [-0.1, -0.05) is 11.6 Å². The summed E-state index contributed by atoms with van der Waals surface area (Å²) in [6, 6.07) is 5.58. The highest BCUT2D eigenvalue weighted by Gasteiger charge is 2.26. The van der Waals surface area contributed by atoms with Crippen molar-refractivity contribution in [2.45, 2.75) is 19.4 Å². The van der Waals surface area contributed by atoms with Gasteiger partial charge in [-0.15, -0.1) is 0 Å². The number of carbonyl (C=O) groups excluding carboxylic acids is 1. The van der Waals surface area contributed by atoms with Crippen molar-refractivity contribution in [3.8, 4) is 5.75 Å². The molecule has 1 fully saturated rings. The molecule has 1 atom stereocenters. The van der Waals surface area contributed by atoms with Crippen LogP contribution in [-0.2, 0) is 0 Å². The largest absolute Gasteiger partial charge is 0.495 e. The van der Waals surface area contributed by atoms with Crippen molar-refractivity contribution in [2.24, 2.45) is 0 Å². The van der Waals surface area contributed by atoms with Gasteiger partial charge in [-0.05, 0) is 31.5 Å². The highest BCUT2D eigenvalue weighted by atomic mass is 35.5. The molecule has 1 N–H and O–H groups in total. The number of hydrogen-bond donors (Lipinski definition) is 1. The number of anilines is 1. The Kier molecular flexibility index (Phi) is 4.85. The van der Waals surface area contributed by atoms with Gasteiger partial charge in [0.05, 0.1) is 24.7 Å². The molecule has 7 heteroatoms. The summed E-state index contributed by atoms with van der Waals surface area (Å²) in [5.41, 5.74) is 2.06. The van der Waals surface area contributed by atoms with Crippen LogP contribution in [0.4, 0.5) is 5.69 Å². The van der Waals surface area contributed by atoms with Crippen LogP contribution in [0.5, 0.6) is 5.75 Å². The van der Waals surface area contributed by atoms with Gasteiger partial charge in [0.1, 0.15) is 11.4 Å². The van der Waals surface area contributed by atoms with E-state index in [1.165, 1.54) is 6.20 Å². The van der Waals surface area contributed by atoms with Crippen molar-refractivity contribution in [2.75, 3.05) is 25.1 Å². The average Bonchev–Trinajstić information content (AvgIpc) is 3.03. The molecule has 0 spiro atoms. The lowest BCUT2D eigenvalue weighted by atomic mass is 10.2. The number of methoxy groups -OCH3 is 1. The minimum absolute atomic E-state index is 0.0456. The minimum atomic E-state index is -0.201. The molecule has 1 amide bonds. The first kappa shape index (κ1) is 16.5. The smallest absolute Gasteiger partial charge is 0.271 e. The Morgan fingerprint density at radius 2 is 2.21 bits per heavy atom. The summed E-state index contributed by atoms with van der Waals surface area (Å²) in [7, 11) is 1.64. The van der Waals surface area contributed by atoms with Crippen LogP contribution in [0.3, 0.4) is 0 Å². The zero-order chi connectivity index (χ0) is 17.1. The maximum absolute atomic E-state index is 12.3. The number of nitrogens with zero attached hydrogens (tertiary/aromatic N) is 3. The van der Waals surface area contributed by atoms with E-state index in [1.54, 1.807) is 19.4 Å². The molecule has 0 bridgehead atoms. The Hall–Kier alpha value is -2.34. The van der Waals surface area contributed by atoms with Crippen LogP contribution in [0.15, 0.2) is 30.6 Å². The third kappa shape index (κ3) is 3.59. The molecule has 1 aliphatic heterocycles. The van der Waals surface area contributed by atoms with Gasteiger partial charge in [0.2, 0.25) is 0 Å². The van der Waals surface area contributed by atoms with Crippen LogP contribution in [0, 0.1) is 6.92 Å². The third-order valence-corrected chi connectivity index (χ3v) is 4.25. The fourth-order valence-corrected chi connectivity index (χ4v) is 2.94. The second kappa shape index (κ2) is 7.05. The Labute approximate surface area is 145 Å². The van der Waals surface area contributed by atoms with Crippen LogP contribution in [0.25, 0.3) is 0 Å². The van der Waals surface area contributed by atoms with Gasteiger partial charge in [0.25, 0.3) is 5.91 Å². The fraction of sp³-hybridized carbons (Fsp3) is 0.353. The SMILES string of the molecule is COc1ccc(Cl)cc1N1CCC(NC(=O)c2cnc(C)cn2)C1. The van der Waals surface area contributed by atoms with E-state index in [4.69, 9.17) is 16.3 Å². The Bertz CT molecular complexity index is 736. The first-order valence-electron chi connectivity index (χ1n) is 7.75. The van der Waals surface area contributed by atoms with Crippen molar-refractivity contribution >= 4 is 23.2 Å². The molecule has 0 radical (unpaired) electrons. The molecule has 24 heavy (non-hydrogen) atoms. The van der Waals surface area contributed by atoms with E-state index in [-0.39, 0.29) is 11.9 Å². The summed E-state index contributed by atoms with van der Waals surface area (Å²) in [6.45, 7) is 3.35. The first-order chi connectivity index (χ1) is 11.6. The lowest BCUT2D eigenvalue weighted by Crippen LogP contribution is -2.37. The summed E-state index contributed by atoms with van der Waals surface area (Å²) in [5.74, 6) is 0.572. The molecule has 126 valence electrons. The number of aryl methyl sites for hydroxylation is 1. The number of halogens is 1.